The lowest BCUT2D eigenvalue weighted by molar-refractivity contribution is 0.245. The van der Waals surface area contributed by atoms with Crippen LogP contribution in [0.25, 0.3) is 0 Å². The molecule has 2 N–H and O–H groups in total. The average Bonchev–Trinajstić information content (AvgIpc) is 2.47. The van der Waals surface area contributed by atoms with Gasteiger partial charge >= 0.3 is 0 Å². The largest absolute Gasteiger partial charge is 0.493 e. The molecule has 0 atom stereocenters. The first-order valence-electron chi connectivity index (χ1n) is 6.43. The number of nitrogens with two attached hydrogens (primary N) is 1. The van der Waals surface area contributed by atoms with Crippen LogP contribution in [0.5, 0.6) is 11.5 Å². The first kappa shape index (κ1) is 14.8. The molecule has 0 radical (unpaired) electrons. The Morgan fingerprint density at radius 1 is 1.10 bits per heavy atom. The van der Waals surface area contributed by atoms with Crippen LogP contribution < -0.4 is 15.2 Å². The van der Waals surface area contributed by atoms with Gasteiger partial charge in [-0.05, 0) is 28.1 Å². The Labute approximate surface area is 127 Å². The number of para-hydroxylation sites is 1. The van der Waals surface area contributed by atoms with Crippen LogP contribution in [-0.2, 0) is 6.54 Å². The zero-order valence-electron chi connectivity index (χ0n) is 11.1. The Morgan fingerprint density at radius 3 is 2.70 bits per heavy atom. The second-order valence-corrected chi connectivity index (χ2v) is 5.12. The van der Waals surface area contributed by atoms with Crippen LogP contribution in [0, 0.1) is 0 Å². The fourth-order valence-electron chi connectivity index (χ4n) is 1.72. The maximum absolute atomic E-state index is 5.70. The highest BCUT2D eigenvalue weighted by molar-refractivity contribution is 9.10. The van der Waals surface area contributed by atoms with Gasteiger partial charge in [0.1, 0.15) is 11.5 Å². The van der Waals surface area contributed by atoms with E-state index in [-0.39, 0.29) is 0 Å². The summed E-state index contributed by atoms with van der Waals surface area (Å²) in [4.78, 5) is 4.04. The lowest BCUT2D eigenvalue weighted by atomic mass is 10.2. The summed E-state index contributed by atoms with van der Waals surface area (Å²) in [6, 6.07) is 9.69. The van der Waals surface area contributed by atoms with Crippen molar-refractivity contribution in [3.63, 3.8) is 0 Å². The molecular formula is C15H17BrN2O2. The summed E-state index contributed by atoms with van der Waals surface area (Å²) in [5.74, 6) is 1.60. The Balaban J connectivity index is 1.71. The molecule has 0 fully saturated rings. The number of rotatable bonds is 7. The van der Waals surface area contributed by atoms with Gasteiger partial charge in [-0.25, -0.2) is 0 Å². The summed E-state index contributed by atoms with van der Waals surface area (Å²) in [5, 5.41) is 0. The predicted octanol–water partition coefficient (Wildman–Crippen LogP) is 3.15. The number of aromatic nitrogens is 1. The average molecular weight is 337 g/mol. The minimum absolute atomic E-state index is 0.483. The van der Waals surface area contributed by atoms with Gasteiger partial charge in [0.15, 0.2) is 0 Å². The third-order valence-electron chi connectivity index (χ3n) is 2.69. The molecule has 0 aliphatic heterocycles. The van der Waals surface area contributed by atoms with Crippen molar-refractivity contribution in [2.24, 2.45) is 5.73 Å². The fraction of sp³-hybridized carbons (Fsp3) is 0.267. The highest BCUT2D eigenvalue weighted by atomic mass is 79.9. The van der Waals surface area contributed by atoms with E-state index in [1.807, 2.05) is 30.3 Å². The van der Waals surface area contributed by atoms with Gasteiger partial charge in [0.25, 0.3) is 0 Å². The molecule has 4 nitrogen and oxygen atoms in total. The summed E-state index contributed by atoms with van der Waals surface area (Å²) >= 11 is 3.35. The summed E-state index contributed by atoms with van der Waals surface area (Å²) in [6.45, 7) is 1.66. The molecule has 0 bridgehead atoms. The molecule has 0 aliphatic carbocycles. The van der Waals surface area contributed by atoms with Gasteiger partial charge in [-0.2, -0.15) is 0 Å². The Hall–Kier alpha value is -1.59. The lowest BCUT2D eigenvalue weighted by Crippen LogP contribution is -2.07. The van der Waals surface area contributed by atoms with Crippen LogP contribution in [0.1, 0.15) is 12.0 Å². The summed E-state index contributed by atoms with van der Waals surface area (Å²) in [7, 11) is 0. The van der Waals surface area contributed by atoms with E-state index in [0.717, 1.165) is 28.0 Å². The van der Waals surface area contributed by atoms with Crippen LogP contribution in [0.4, 0.5) is 0 Å². The number of hydrogen-bond acceptors (Lipinski definition) is 4. The Bertz CT molecular complexity index is 549. The maximum atomic E-state index is 5.70. The molecule has 0 aliphatic rings. The topological polar surface area (TPSA) is 57.4 Å². The number of pyridine rings is 1. The van der Waals surface area contributed by atoms with E-state index in [1.54, 1.807) is 12.4 Å². The van der Waals surface area contributed by atoms with Gasteiger partial charge in [-0.3, -0.25) is 4.98 Å². The molecule has 0 unspecified atom stereocenters. The summed E-state index contributed by atoms with van der Waals surface area (Å²) < 4.78 is 12.2. The Kier molecular flexibility index (Phi) is 5.83. The van der Waals surface area contributed by atoms with Crippen molar-refractivity contribution in [1.29, 1.82) is 0 Å². The van der Waals surface area contributed by atoms with Crippen molar-refractivity contribution >= 4 is 15.9 Å². The quantitative estimate of drug-likeness (QED) is 0.789. The van der Waals surface area contributed by atoms with Gasteiger partial charge in [-0.1, -0.05) is 18.2 Å². The van der Waals surface area contributed by atoms with Gasteiger partial charge in [0.05, 0.1) is 19.4 Å². The molecule has 1 aromatic heterocycles. The standard InChI is InChI=1S/C15H17BrN2O2/c16-13-8-14(11-18-10-13)19-6-3-7-20-15-5-2-1-4-12(15)9-17/h1-2,4-5,8,10-11H,3,6-7,9,17H2. The smallest absolute Gasteiger partial charge is 0.138 e. The van der Waals surface area contributed by atoms with Gasteiger partial charge in [0, 0.05) is 29.2 Å². The van der Waals surface area contributed by atoms with Crippen LogP contribution in [-0.4, -0.2) is 18.2 Å². The van der Waals surface area contributed by atoms with Crippen LogP contribution in [0.2, 0.25) is 0 Å². The first-order chi connectivity index (χ1) is 9.79. The monoisotopic (exact) mass is 336 g/mol. The SMILES string of the molecule is NCc1ccccc1OCCCOc1cncc(Br)c1. The second kappa shape index (κ2) is 7.87. The van der Waals surface area contributed by atoms with Crippen molar-refractivity contribution < 1.29 is 9.47 Å². The van der Waals surface area contributed by atoms with E-state index in [0.29, 0.717) is 19.8 Å². The molecule has 1 heterocycles. The van der Waals surface area contributed by atoms with Crippen molar-refractivity contribution in [1.82, 2.24) is 4.98 Å². The van der Waals surface area contributed by atoms with E-state index < -0.39 is 0 Å². The highest BCUT2D eigenvalue weighted by Crippen LogP contribution is 2.18. The van der Waals surface area contributed by atoms with E-state index in [1.165, 1.54) is 0 Å². The van der Waals surface area contributed by atoms with Gasteiger partial charge in [0.2, 0.25) is 0 Å². The van der Waals surface area contributed by atoms with E-state index >= 15 is 0 Å². The summed E-state index contributed by atoms with van der Waals surface area (Å²) in [6.07, 6.45) is 4.21. The van der Waals surface area contributed by atoms with Crippen LogP contribution in [0.15, 0.2) is 47.2 Å². The highest BCUT2D eigenvalue weighted by Gasteiger charge is 2.01. The molecule has 0 spiro atoms. The fourth-order valence-corrected chi connectivity index (χ4v) is 2.06. The molecule has 0 saturated heterocycles. The van der Waals surface area contributed by atoms with Crippen molar-refractivity contribution in [2.45, 2.75) is 13.0 Å². The third-order valence-corrected chi connectivity index (χ3v) is 3.12. The number of nitrogens with zero attached hydrogens (tertiary/aromatic N) is 1. The van der Waals surface area contributed by atoms with Crippen molar-refractivity contribution in [2.75, 3.05) is 13.2 Å². The lowest BCUT2D eigenvalue weighted by Gasteiger charge is -2.10. The third kappa shape index (κ3) is 4.51. The molecule has 1 aromatic carbocycles. The molecule has 20 heavy (non-hydrogen) atoms. The number of halogens is 1. The first-order valence-corrected chi connectivity index (χ1v) is 7.23. The molecule has 0 amide bonds. The maximum Gasteiger partial charge on any atom is 0.138 e. The number of hydrogen-bond donors (Lipinski definition) is 1. The molecular weight excluding hydrogens is 320 g/mol. The Morgan fingerprint density at radius 2 is 1.90 bits per heavy atom. The van der Waals surface area contributed by atoms with Gasteiger partial charge < -0.3 is 15.2 Å². The molecule has 5 heteroatoms. The number of ether oxygens (including phenoxy) is 2. The zero-order valence-corrected chi connectivity index (χ0v) is 12.7. The molecule has 106 valence electrons. The van der Waals surface area contributed by atoms with Crippen LogP contribution >= 0.6 is 15.9 Å². The van der Waals surface area contributed by atoms with Gasteiger partial charge in [-0.15, -0.1) is 0 Å². The second-order valence-electron chi connectivity index (χ2n) is 4.20. The minimum atomic E-state index is 0.483. The number of benzene rings is 1. The molecule has 2 rings (SSSR count). The van der Waals surface area contributed by atoms with E-state index in [4.69, 9.17) is 15.2 Å². The zero-order chi connectivity index (χ0) is 14.2. The normalized spacial score (nSPS) is 10.3. The molecule has 2 aromatic rings. The summed E-state index contributed by atoms with van der Waals surface area (Å²) in [5.41, 5.74) is 6.67. The van der Waals surface area contributed by atoms with E-state index in [2.05, 4.69) is 20.9 Å². The minimum Gasteiger partial charge on any atom is -0.493 e. The molecule has 0 saturated carbocycles. The van der Waals surface area contributed by atoms with Crippen LogP contribution in [0.3, 0.4) is 0 Å². The predicted molar refractivity (Wildman–Crippen MR) is 81.9 cm³/mol. The van der Waals surface area contributed by atoms with E-state index in [9.17, 15) is 0 Å². The van der Waals surface area contributed by atoms with Crippen molar-refractivity contribution in [3.8, 4) is 11.5 Å². The van der Waals surface area contributed by atoms with Crippen molar-refractivity contribution in [3.05, 3.63) is 52.8 Å².